The molecule has 1 fully saturated rings. The molecule has 0 aromatic heterocycles. The molecule has 6 heteroatoms. The molecule has 0 spiro atoms. The van der Waals surface area contributed by atoms with Crippen molar-refractivity contribution in [3.05, 3.63) is 5.53 Å². The summed E-state index contributed by atoms with van der Waals surface area (Å²) in [5.41, 5.74) is 7.23. The van der Waals surface area contributed by atoms with Gasteiger partial charge in [0.05, 0.1) is 6.61 Å². The Balaban J connectivity index is 3.16. The first-order valence-electron chi connectivity index (χ1n) is 5.31. The van der Waals surface area contributed by atoms with Crippen LogP contribution in [0.5, 0.6) is 0 Å². The first-order valence-corrected chi connectivity index (χ1v) is 5.31. The molecule has 0 radical (unpaired) electrons. The van der Waals surface area contributed by atoms with Gasteiger partial charge in [-0.25, -0.2) is 0 Å². The van der Waals surface area contributed by atoms with E-state index in [0.29, 0.717) is 0 Å². The molecule has 0 bridgehead atoms. The quantitative estimate of drug-likeness (QED) is 0.301. The van der Waals surface area contributed by atoms with Crippen LogP contribution >= 0.6 is 0 Å². The smallest absolute Gasteiger partial charge is 0.401 e. The van der Waals surface area contributed by atoms with Crippen LogP contribution in [-0.2, 0) is 19.1 Å². The monoisotopic (exact) mass is 238 g/mol. The second-order valence-electron chi connectivity index (χ2n) is 4.59. The van der Waals surface area contributed by atoms with Gasteiger partial charge in [-0.05, 0) is 12.3 Å². The predicted molar refractivity (Wildman–Crippen MR) is 57.2 cm³/mol. The highest BCUT2D eigenvalue weighted by Crippen LogP contribution is 2.36. The lowest BCUT2D eigenvalue weighted by molar-refractivity contribution is -0.158. The fourth-order valence-corrected chi connectivity index (χ4v) is 1.99. The molecular weight excluding hydrogens is 224 g/mol. The molecule has 1 rings (SSSR count). The van der Waals surface area contributed by atoms with Crippen molar-refractivity contribution in [3.63, 3.8) is 0 Å². The van der Waals surface area contributed by atoms with Crippen LogP contribution in [0.4, 0.5) is 0 Å². The maximum Gasteiger partial charge on any atom is 0.401 e. The van der Waals surface area contributed by atoms with Crippen LogP contribution in [0.2, 0.25) is 0 Å². The summed E-state index contributed by atoms with van der Waals surface area (Å²) in [6, 6.07) is 0. The standard InChI is InChI=1S/C11H14N2O4/c1-4-17-10(16)7-9(15)8(13-12)6(14)5-11(7,2)3/h7H,4-5H2,1-3H3. The lowest BCUT2D eigenvalue weighted by atomic mass is 9.67. The number of hydrogen-bond donors (Lipinski definition) is 0. The third kappa shape index (κ3) is 2.31. The molecular formula is C11H14N2O4. The zero-order valence-corrected chi connectivity index (χ0v) is 10.0. The number of ketones is 2. The van der Waals surface area contributed by atoms with Gasteiger partial charge in [-0.2, -0.15) is 4.79 Å². The number of rotatable bonds is 2. The highest BCUT2D eigenvalue weighted by Gasteiger charge is 2.54. The Labute approximate surface area is 98.6 Å². The van der Waals surface area contributed by atoms with Crippen LogP contribution in [0, 0.1) is 11.3 Å². The van der Waals surface area contributed by atoms with E-state index in [1.54, 1.807) is 20.8 Å². The Morgan fingerprint density at radius 2 is 2.12 bits per heavy atom. The van der Waals surface area contributed by atoms with E-state index >= 15 is 0 Å². The summed E-state index contributed by atoms with van der Waals surface area (Å²) in [7, 11) is 0. The Bertz CT molecular complexity index is 433. The average Bonchev–Trinajstić information content (AvgIpc) is 2.15. The van der Waals surface area contributed by atoms with Crippen molar-refractivity contribution >= 4 is 23.2 Å². The van der Waals surface area contributed by atoms with E-state index in [2.05, 4.69) is 4.79 Å². The van der Waals surface area contributed by atoms with E-state index in [1.807, 2.05) is 0 Å². The summed E-state index contributed by atoms with van der Waals surface area (Å²) in [6.45, 7) is 5.06. The zero-order valence-electron chi connectivity index (χ0n) is 10.0. The molecule has 6 nitrogen and oxygen atoms in total. The molecule has 92 valence electrons. The predicted octanol–water partition coefficient (Wildman–Crippen LogP) is 0.405. The molecule has 1 aliphatic rings. The molecule has 0 saturated heterocycles. The first-order chi connectivity index (χ1) is 7.85. The zero-order chi connectivity index (χ0) is 13.2. The Hall–Kier alpha value is -1.81. The van der Waals surface area contributed by atoms with Gasteiger partial charge in [0, 0.05) is 6.42 Å². The number of nitrogens with zero attached hydrogens (tertiary/aromatic N) is 2. The first kappa shape index (κ1) is 13.3. The SMILES string of the molecule is CCOC(=O)C1C(=O)C(=[N+]=[N-])C(=O)CC1(C)C. The minimum absolute atomic E-state index is 0.0262. The number of Topliss-reactive ketones (excluding diaryl/α,β-unsaturated/α-hetero) is 2. The maximum absolute atomic E-state index is 11.9. The summed E-state index contributed by atoms with van der Waals surface area (Å²) in [5.74, 6) is -3.10. The molecule has 1 atom stereocenters. The van der Waals surface area contributed by atoms with Crippen molar-refractivity contribution in [1.29, 1.82) is 0 Å². The largest absolute Gasteiger partial charge is 0.465 e. The van der Waals surface area contributed by atoms with Gasteiger partial charge in [-0.3, -0.25) is 14.4 Å². The van der Waals surface area contributed by atoms with Gasteiger partial charge in [0.25, 0.3) is 5.78 Å². The van der Waals surface area contributed by atoms with E-state index in [1.165, 1.54) is 0 Å². The van der Waals surface area contributed by atoms with Gasteiger partial charge in [0.2, 0.25) is 5.78 Å². The third-order valence-corrected chi connectivity index (χ3v) is 2.78. The van der Waals surface area contributed by atoms with E-state index in [9.17, 15) is 14.4 Å². The van der Waals surface area contributed by atoms with Crippen molar-refractivity contribution in [1.82, 2.24) is 0 Å². The summed E-state index contributed by atoms with van der Waals surface area (Å²) in [4.78, 5) is 37.8. The van der Waals surface area contributed by atoms with Crippen LogP contribution in [0.25, 0.3) is 5.53 Å². The topological polar surface area (TPSA) is 96.8 Å². The lowest BCUT2D eigenvalue weighted by Crippen LogP contribution is -2.50. The summed E-state index contributed by atoms with van der Waals surface area (Å²) >= 11 is 0. The molecule has 0 heterocycles. The molecule has 1 aliphatic carbocycles. The Morgan fingerprint density at radius 1 is 1.53 bits per heavy atom. The third-order valence-electron chi connectivity index (χ3n) is 2.78. The number of carbonyl (C=O) groups is 3. The normalized spacial score (nSPS) is 23.2. The number of esters is 1. The van der Waals surface area contributed by atoms with Crippen molar-refractivity contribution in [2.75, 3.05) is 6.61 Å². The number of hydrogen-bond acceptors (Lipinski definition) is 4. The minimum atomic E-state index is -1.09. The lowest BCUT2D eigenvalue weighted by Gasteiger charge is -2.32. The Kier molecular flexibility index (Phi) is 3.58. The van der Waals surface area contributed by atoms with Crippen molar-refractivity contribution in [2.45, 2.75) is 27.2 Å². The molecule has 17 heavy (non-hydrogen) atoms. The van der Waals surface area contributed by atoms with E-state index in [0.717, 1.165) is 0 Å². The van der Waals surface area contributed by atoms with Gasteiger partial charge < -0.3 is 10.3 Å². The van der Waals surface area contributed by atoms with E-state index in [-0.39, 0.29) is 13.0 Å². The van der Waals surface area contributed by atoms with Gasteiger partial charge in [0.15, 0.2) is 0 Å². The second kappa shape index (κ2) is 4.59. The molecule has 1 unspecified atom stereocenters. The highest BCUT2D eigenvalue weighted by molar-refractivity contribution is 6.66. The number of carbonyl (C=O) groups excluding carboxylic acids is 3. The Morgan fingerprint density at radius 3 is 2.59 bits per heavy atom. The fraction of sp³-hybridized carbons (Fsp3) is 0.636. The van der Waals surface area contributed by atoms with Crippen molar-refractivity contribution < 1.29 is 23.9 Å². The minimum Gasteiger partial charge on any atom is -0.465 e. The molecule has 1 saturated carbocycles. The summed E-state index contributed by atoms with van der Waals surface area (Å²) in [5, 5.41) is 0. The average molecular weight is 238 g/mol. The molecule has 0 N–H and O–H groups in total. The van der Waals surface area contributed by atoms with Crippen LogP contribution in [-0.4, -0.2) is 34.6 Å². The second-order valence-corrected chi connectivity index (χ2v) is 4.59. The van der Waals surface area contributed by atoms with Crippen LogP contribution in [0.1, 0.15) is 27.2 Å². The molecule has 0 amide bonds. The summed E-state index contributed by atoms with van der Waals surface area (Å²) in [6.07, 6.45) is -0.0262. The van der Waals surface area contributed by atoms with Gasteiger partial charge in [-0.15, -0.1) is 0 Å². The number of ether oxygens (including phenoxy) is 1. The fourth-order valence-electron chi connectivity index (χ4n) is 1.99. The highest BCUT2D eigenvalue weighted by atomic mass is 16.5. The van der Waals surface area contributed by atoms with Crippen LogP contribution in [0.3, 0.4) is 0 Å². The van der Waals surface area contributed by atoms with Crippen LogP contribution in [0.15, 0.2) is 0 Å². The van der Waals surface area contributed by atoms with Crippen LogP contribution < -0.4 is 0 Å². The molecule has 0 aliphatic heterocycles. The van der Waals surface area contributed by atoms with E-state index in [4.69, 9.17) is 10.3 Å². The van der Waals surface area contributed by atoms with Gasteiger partial charge in [-0.1, -0.05) is 13.8 Å². The van der Waals surface area contributed by atoms with Crippen molar-refractivity contribution in [3.8, 4) is 0 Å². The molecule has 0 aromatic carbocycles. The summed E-state index contributed by atoms with van der Waals surface area (Å²) < 4.78 is 4.81. The molecule has 0 aromatic rings. The van der Waals surface area contributed by atoms with E-state index < -0.39 is 34.6 Å². The van der Waals surface area contributed by atoms with Gasteiger partial charge in [0.1, 0.15) is 5.92 Å². The van der Waals surface area contributed by atoms with Gasteiger partial charge >= 0.3 is 11.7 Å². The van der Waals surface area contributed by atoms with Crippen molar-refractivity contribution in [2.24, 2.45) is 11.3 Å². The maximum atomic E-state index is 11.9.